The van der Waals surface area contributed by atoms with Gasteiger partial charge in [-0.05, 0) is 29.3 Å². The molecule has 9 heteroatoms. The minimum absolute atomic E-state index is 0.0753. The Morgan fingerprint density at radius 3 is 2.22 bits per heavy atom. The maximum absolute atomic E-state index is 13.3. The lowest BCUT2D eigenvalue weighted by atomic mass is 10.1. The van der Waals surface area contributed by atoms with Crippen molar-refractivity contribution < 1.29 is 17.2 Å². The SMILES string of the molecule is O=[N+]([O-])c1ccc(/C=C/c2ccc(Cl)cc2S(=O)(=O)F)c(Cl)c1. The van der Waals surface area contributed by atoms with Crippen LogP contribution in [0.2, 0.25) is 10.0 Å². The third kappa shape index (κ3) is 4.28. The Morgan fingerprint density at radius 1 is 1.04 bits per heavy atom. The molecule has 2 aromatic rings. The molecule has 0 aliphatic rings. The molecule has 0 unspecified atom stereocenters. The third-order valence-electron chi connectivity index (χ3n) is 2.88. The summed E-state index contributed by atoms with van der Waals surface area (Å²) in [5.41, 5.74) is 0.311. The molecule has 0 radical (unpaired) electrons. The van der Waals surface area contributed by atoms with E-state index < -0.39 is 20.0 Å². The van der Waals surface area contributed by atoms with E-state index in [4.69, 9.17) is 23.2 Å². The zero-order valence-electron chi connectivity index (χ0n) is 11.2. The van der Waals surface area contributed by atoms with E-state index in [1.54, 1.807) is 0 Å². The first-order valence-electron chi connectivity index (χ1n) is 6.05. The van der Waals surface area contributed by atoms with Crippen molar-refractivity contribution in [3.63, 3.8) is 0 Å². The van der Waals surface area contributed by atoms with Gasteiger partial charge in [-0.3, -0.25) is 10.1 Å². The van der Waals surface area contributed by atoms with Gasteiger partial charge in [0.25, 0.3) is 5.69 Å². The molecule has 0 heterocycles. The number of nitro benzene ring substituents is 1. The predicted molar refractivity (Wildman–Crippen MR) is 86.8 cm³/mol. The molecule has 0 spiro atoms. The van der Waals surface area contributed by atoms with Crippen LogP contribution in [0.15, 0.2) is 41.3 Å². The Morgan fingerprint density at radius 2 is 1.65 bits per heavy atom. The topological polar surface area (TPSA) is 77.3 Å². The van der Waals surface area contributed by atoms with Crippen LogP contribution in [0.4, 0.5) is 9.57 Å². The van der Waals surface area contributed by atoms with Gasteiger partial charge in [0.2, 0.25) is 0 Å². The van der Waals surface area contributed by atoms with Crippen LogP contribution >= 0.6 is 23.2 Å². The fourth-order valence-electron chi connectivity index (χ4n) is 1.80. The number of nitrogens with zero attached hydrogens (tertiary/aromatic N) is 1. The average Bonchev–Trinajstić information content (AvgIpc) is 2.45. The van der Waals surface area contributed by atoms with Gasteiger partial charge >= 0.3 is 10.2 Å². The molecule has 0 fully saturated rings. The number of nitro groups is 1. The molecule has 0 aromatic heterocycles. The maximum Gasteiger partial charge on any atom is 0.332 e. The van der Waals surface area contributed by atoms with E-state index >= 15 is 0 Å². The first kappa shape index (κ1) is 17.4. The maximum atomic E-state index is 13.3. The molecule has 2 rings (SSSR count). The molecule has 0 atom stereocenters. The van der Waals surface area contributed by atoms with Crippen LogP contribution in [0.3, 0.4) is 0 Å². The highest BCUT2D eigenvalue weighted by atomic mass is 35.5. The monoisotopic (exact) mass is 375 g/mol. The van der Waals surface area contributed by atoms with E-state index in [2.05, 4.69) is 0 Å². The highest BCUT2D eigenvalue weighted by molar-refractivity contribution is 7.86. The van der Waals surface area contributed by atoms with Crippen LogP contribution in [0.1, 0.15) is 11.1 Å². The van der Waals surface area contributed by atoms with Crippen LogP contribution in [0.5, 0.6) is 0 Å². The Labute approximate surface area is 141 Å². The van der Waals surface area contributed by atoms with E-state index in [-0.39, 0.29) is 21.3 Å². The summed E-state index contributed by atoms with van der Waals surface area (Å²) in [4.78, 5) is 9.48. The number of halogens is 3. The second-order valence-electron chi connectivity index (χ2n) is 4.42. The molecular formula is C14H8Cl2FNO4S. The molecule has 0 saturated heterocycles. The van der Waals surface area contributed by atoms with Crippen molar-refractivity contribution in [1.82, 2.24) is 0 Å². The first-order chi connectivity index (χ1) is 10.7. The van der Waals surface area contributed by atoms with Crippen molar-refractivity contribution in [2.24, 2.45) is 0 Å². The number of hydrogen-bond acceptors (Lipinski definition) is 4. The third-order valence-corrected chi connectivity index (χ3v) is 4.32. The van der Waals surface area contributed by atoms with Gasteiger partial charge in [-0.15, -0.1) is 3.89 Å². The van der Waals surface area contributed by atoms with Gasteiger partial charge in [-0.2, -0.15) is 8.42 Å². The summed E-state index contributed by atoms with van der Waals surface area (Å²) in [5, 5.41) is 10.8. The molecule has 0 N–H and O–H groups in total. The van der Waals surface area contributed by atoms with Crippen LogP contribution in [0.25, 0.3) is 12.2 Å². The summed E-state index contributed by atoms with van der Waals surface area (Å²) < 4.78 is 35.6. The fourth-order valence-corrected chi connectivity index (χ4v) is 2.96. The van der Waals surface area contributed by atoms with Crippen LogP contribution < -0.4 is 0 Å². The van der Waals surface area contributed by atoms with Crippen LogP contribution in [-0.4, -0.2) is 13.3 Å². The van der Waals surface area contributed by atoms with E-state index in [9.17, 15) is 22.4 Å². The van der Waals surface area contributed by atoms with Crippen LogP contribution in [0, 0.1) is 10.1 Å². The van der Waals surface area contributed by atoms with E-state index in [1.807, 2.05) is 0 Å². The summed E-state index contributed by atoms with van der Waals surface area (Å²) >= 11 is 11.6. The quantitative estimate of drug-likeness (QED) is 0.335. The van der Waals surface area contributed by atoms with E-state index in [1.165, 1.54) is 36.4 Å². The van der Waals surface area contributed by atoms with Gasteiger partial charge < -0.3 is 0 Å². The first-order valence-corrected chi connectivity index (χ1v) is 8.18. The van der Waals surface area contributed by atoms with Gasteiger partial charge in [0, 0.05) is 17.2 Å². The molecule has 2 aromatic carbocycles. The Balaban J connectivity index is 2.44. The zero-order chi connectivity index (χ0) is 17.2. The lowest BCUT2D eigenvalue weighted by molar-refractivity contribution is -0.384. The van der Waals surface area contributed by atoms with Crippen molar-refractivity contribution in [2.45, 2.75) is 4.90 Å². The average molecular weight is 376 g/mol. The fraction of sp³-hybridized carbons (Fsp3) is 0. The molecule has 120 valence electrons. The lowest BCUT2D eigenvalue weighted by Gasteiger charge is -2.03. The van der Waals surface area contributed by atoms with E-state index in [0.717, 1.165) is 12.1 Å². The Hall–Kier alpha value is -1.96. The second-order valence-corrected chi connectivity index (χ2v) is 6.58. The molecular weight excluding hydrogens is 368 g/mol. The van der Waals surface area contributed by atoms with Gasteiger partial charge in [0.15, 0.2) is 0 Å². The summed E-state index contributed by atoms with van der Waals surface area (Å²) in [6.45, 7) is 0. The van der Waals surface area contributed by atoms with Crippen molar-refractivity contribution >= 4 is 51.3 Å². The van der Waals surface area contributed by atoms with Gasteiger partial charge in [-0.25, -0.2) is 0 Å². The minimum Gasteiger partial charge on any atom is -0.258 e. The van der Waals surface area contributed by atoms with E-state index in [0.29, 0.717) is 5.56 Å². The second kappa shape index (κ2) is 6.66. The minimum atomic E-state index is -4.95. The smallest absolute Gasteiger partial charge is 0.258 e. The summed E-state index contributed by atoms with van der Waals surface area (Å²) in [5.74, 6) is 0. The molecule has 23 heavy (non-hydrogen) atoms. The summed E-state index contributed by atoms with van der Waals surface area (Å²) in [6, 6.07) is 7.55. The van der Waals surface area contributed by atoms with Gasteiger partial charge in [0.1, 0.15) is 4.90 Å². The summed E-state index contributed by atoms with van der Waals surface area (Å²) in [7, 11) is -4.95. The van der Waals surface area contributed by atoms with Crippen molar-refractivity contribution in [2.75, 3.05) is 0 Å². The summed E-state index contributed by atoms with van der Waals surface area (Å²) in [6.07, 6.45) is 2.75. The molecule has 0 aliphatic heterocycles. The van der Waals surface area contributed by atoms with Gasteiger partial charge in [-0.1, -0.05) is 41.4 Å². The largest absolute Gasteiger partial charge is 0.332 e. The van der Waals surface area contributed by atoms with Crippen molar-refractivity contribution in [3.05, 3.63) is 67.7 Å². The van der Waals surface area contributed by atoms with Gasteiger partial charge in [0.05, 0.1) is 9.95 Å². The van der Waals surface area contributed by atoms with Crippen LogP contribution in [-0.2, 0) is 10.2 Å². The number of non-ortho nitro benzene ring substituents is 1. The standard InChI is InChI=1S/C14H8Cl2FNO4S/c15-11-5-3-10(14(7-11)23(17,21)22)2-1-9-4-6-12(18(19)20)8-13(9)16/h1-8H/b2-1+. The molecule has 5 nitrogen and oxygen atoms in total. The van der Waals surface area contributed by atoms with Crippen molar-refractivity contribution in [1.29, 1.82) is 0 Å². The molecule has 0 bridgehead atoms. The number of rotatable bonds is 4. The highest BCUT2D eigenvalue weighted by Gasteiger charge is 2.16. The molecule has 0 saturated carbocycles. The predicted octanol–water partition coefficient (Wildman–Crippen LogP) is 4.73. The Kier molecular flexibility index (Phi) is 5.03. The Bertz CT molecular complexity index is 913. The molecule has 0 aliphatic carbocycles. The lowest BCUT2D eigenvalue weighted by Crippen LogP contribution is -1.95. The molecule has 0 amide bonds. The number of benzene rings is 2. The van der Waals surface area contributed by atoms with Crippen molar-refractivity contribution in [3.8, 4) is 0 Å². The highest BCUT2D eigenvalue weighted by Crippen LogP contribution is 2.27. The zero-order valence-corrected chi connectivity index (χ0v) is 13.6. The normalized spacial score (nSPS) is 11.8. The number of hydrogen-bond donors (Lipinski definition) is 0.